The third-order valence-electron chi connectivity index (χ3n) is 4.18. The van der Waals surface area contributed by atoms with Crippen LogP contribution < -0.4 is 10.6 Å². The summed E-state index contributed by atoms with van der Waals surface area (Å²) in [5.41, 5.74) is 1.37. The fourth-order valence-electron chi connectivity index (χ4n) is 2.95. The third-order valence-corrected chi connectivity index (χ3v) is 5.15. The first kappa shape index (κ1) is 18.4. The minimum Gasteiger partial charge on any atom is -0.357 e. The lowest BCUT2D eigenvalue weighted by Gasteiger charge is -2.12. The average Bonchev–Trinajstić information content (AvgIpc) is 3.07. The Labute approximate surface area is 159 Å². The molecule has 0 atom stereocenters. The number of aryl methyl sites for hydroxylation is 1. The maximum atomic E-state index is 4.67. The summed E-state index contributed by atoms with van der Waals surface area (Å²) in [7, 11) is 0. The molecule has 0 bridgehead atoms. The smallest absolute Gasteiger partial charge is 0.191 e. The number of nitrogens with one attached hydrogen (secondary N) is 2. The van der Waals surface area contributed by atoms with Gasteiger partial charge >= 0.3 is 0 Å². The summed E-state index contributed by atoms with van der Waals surface area (Å²) >= 11 is 1.75. The number of aromatic nitrogens is 1. The largest absolute Gasteiger partial charge is 0.357 e. The van der Waals surface area contributed by atoms with E-state index >= 15 is 0 Å². The highest BCUT2D eigenvalue weighted by molar-refractivity contribution is 7.11. The van der Waals surface area contributed by atoms with Crippen LogP contribution in [0.4, 0.5) is 0 Å². The normalized spacial score (nSPS) is 11.7. The van der Waals surface area contributed by atoms with Crippen LogP contribution in [0.15, 0.2) is 53.7 Å². The number of nitrogens with zero attached hydrogens (tertiary/aromatic N) is 2. The molecular weight excluding hydrogens is 340 g/mol. The van der Waals surface area contributed by atoms with Crippen LogP contribution in [0.25, 0.3) is 10.8 Å². The number of hydrogen-bond acceptors (Lipinski definition) is 3. The second-order valence-electron chi connectivity index (χ2n) is 6.19. The molecule has 26 heavy (non-hydrogen) atoms. The van der Waals surface area contributed by atoms with E-state index in [1.54, 1.807) is 11.3 Å². The van der Waals surface area contributed by atoms with Crippen molar-refractivity contribution in [1.82, 2.24) is 15.6 Å². The lowest BCUT2D eigenvalue weighted by Crippen LogP contribution is -2.38. The molecule has 0 radical (unpaired) electrons. The Kier molecular flexibility index (Phi) is 6.61. The van der Waals surface area contributed by atoms with Crippen LogP contribution in [0.3, 0.4) is 0 Å². The molecule has 0 saturated carbocycles. The molecule has 3 rings (SSSR count). The van der Waals surface area contributed by atoms with Gasteiger partial charge in [-0.2, -0.15) is 0 Å². The van der Waals surface area contributed by atoms with E-state index in [4.69, 9.17) is 0 Å². The van der Waals surface area contributed by atoms with E-state index in [0.717, 1.165) is 43.4 Å². The molecule has 136 valence electrons. The first-order valence-electron chi connectivity index (χ1n) is 9.16. The van der Waals surface area contributed by atoms with Crippen molar-refractivity contribution in [3.05, 3.63) is 64.1 Å². The summed E-state index contributed by atoms with van der Waals surface area (Å²) in [5, 5.41) is 10.5. The number of benzene rings is 2. The lowest BCUT2D eigenvalue weighted by molar-refractivity contribution is 0.798. The SMILES string of the molecule is CCNC(=NCCc1ncc(C)s1)NCCc1cccc2ccccc12. The summed E-state index contributed by atoms with van der Waals surface area (Å²) in [4.78, 5) is 10.3. The first-order chi connectivity index (χ1) is 12.8. The van der Waals surface area contributed by atoms with Gasteiger partial charge in [-0.25, -0.2) is 4.98 Å². The van der Waals surface area contributed by atoms with Gasteiger partial charge in [-0.1, -0.05) is 42.5 Å². The molecule has 0 unspecified atom stereocenters. The lowest BCUT2D eigenvalue weighted by atomic mass is 10.0. The van der Waals surface area contributed by atoms with Gasteiger partial charge in [0.25, 0.3) is 0 Å². The Morgan fingerprint density at radius 2 is 1.92 bits per heavy atom. The van der Waals surface area contributed by atoms with Gasteiger partial charge in [-0.3, -0.25) is 4.99 Å². The molecule has 0 amide bonds. The first-order valence-corrected chi connectivity index (χ1v) is 9.98. The molecule has 2 N–H and O–H groups in total. The quantitative estimate of drug-likeness (QED) is 0.492. The molecule has 5 heteroatoms. The minimum atomic E-state index is 0.747. The van der Waals surface area contributed by atoms with Gasteiger partial charge in [-0.05, 0) is 36.6 Å². The topological polar surface area (TPSA) is 49.3 Å². The fraction of sp³-hybridized carbons (Fsp3) is 0.333. The van der Waals surface area contributed by atoms with E-state index in [9.17, 15) is 0 Å². The molecular formula is C21H26N4S. The van der Waals surface area contributed by atoms with Crippen LogP contribution in [0.2, 0.25) is 0 Å². The highest BCUT2D eigenvalue weighted by Gasteiger charge is 2.02. The number of thiazole rings is 1. The Hall–Kier alpha value is -2.40. The summed E-state index contributed by atoms with van der Waals surface area (Å²) in [6.45, 7) is 6.64. The fourth-order valence-corrected chi connectivity index (χ4v) is 3.72. The molecule has 3 aromatic rings. The van der Waals surface area contributed by atoms with Crippen molar-refractivity contribution >= 4 is 28.1 Å². The Morgan fingerprint density at radius 1 is 1.08 bits per heavy atom. The van der Waals surface area contributed by atoms with E-state index in [1.165, 1.54) is 21.2 Å². The number of rotatable bonds is 7. The predicted molar refractivity (Wildman–Crippen MR) is 112 cm³/mol. The zero-order valence-corrected chi connectivity index (χ0v) is 16.3. The minimum absolute atomic E-state index is 0.747. The molecule has 0 aliphatic rings. The van der Waals surface area contributed by atoms with Crippen molar-refractivity contribution in [2.24, 2.45) is 4.99 Å². The molecule has 0 aliphatic heterocycles. The van der Waals surface area contributed by atoms with Crippen LogP contribution in [0.1, 0.15) is 22.4 Å². The van der Waals surface area contributed by atoms with Crippen molar-refractivity contribution in [3.63, 3.8) is 0 Å². The molecule has 0 saturated heterocycles. The van der Waals surface area contributed by atoms with E-state index < -0.39 is 0 Å². The van der Waals surface area contributed by atoms with E-state index in [-0.39, 0.29) is 0 Å². The number of guanidine groups is 1. The zero-order chi connectivity index (χ0) is 18.2. The highest BCUT2D eigenvalue weighted by atomic mass is 32.1. The van der Waals surface area contributed by atoms with Crippen molar-refractivity contribution < 1.29 is 0 Å². The highest BCUT2D eigenvalue weighted by Crippen LogP contribution is 2.18. The molecule has 1 aromatic heterocycles. The summed E-state index contributed by atoms with van der Waals surface area (Å²) < 4.78 is 0. The van der Waals surface area contributed by atoms with Crippen LogP contribution in [0, 0.1) is 6.92 Å². The summed E-state index contributed by atoms with van der Waals surface area (Å²) in [6, 6.07) is 15.1. The van der Waals surface area contributed by atoms with E-state index in [2.05, 4.69) is 76.9 Å². The Bertz CT molecular complexity index is 864. The van der Waals surface area contributed by atoms with Gasteiger partial charge in [0, 0.05) is 37.1 Å². The van der Waals surface area contributed by atoms with Gasteiger partial charge < -0.3 is 10.6 Å². The van der Waals surface area contributed by atoms with Crippen LogP contribution >= 0.6 is 11.3 Å². The second-order valence-corrected chi connectivity index (χ2v) is 7.51. The molecule has 0 fully saturated rings. The maximum Gasteiger partial charge on any atom is 0.191 e. The Morgan fingerprint density at radius 3 is 2.73 bits per heavy atom. The second kappa shape index (κ2) is 9.34. The van der Waals surface area contributed by atoms with Crippen molar-refractivity contribution in [2.75, 3.05) is 19.6 Å². The van der Waals surface area contributed by atoms with Crippen molar-refractivity contribution in [3.8, 4) is 0 Å². The van der Waals surface area contributed by atoms with Gasteiger partial charge in [0.1, 0.15) is 0 Å². The summed E-state index contributed by atoms with van der Waals surface area (Å²) in [5.74, 6) is 0.876. The van der Waals surface area contributed by atoms with Gasteiger partial charge in [0.2, 0.25) is 0 Å². The van der Waals surface area contributed by atoms with Gasteiger partial charge in [-0.15, -0.1) is 11.3 Å². The average molecular weight is 367 g/mol. The monoisotopic (exact) mass is 366 g/mol. The predicted octanol–water partition coefficient (Wildman–Crippen LogP) is 3.95. The Balaban J connectivity index is 1.55. The molecule has 0 aliphatic carbocycles. The number of hydrogen-bond donors (Lipinski definition) is 2. The van der Waals surface area contributed by atoms with Crippen LogP contribution in [-0.2, 0) is 12.8 Å². The standard InChI is InChI=1S/C21H26N4S/c1-3-22-21(24-14-12-20-25-15-16(2)26-20)23-13-11-18-9-6-8-17-7-4-5-10-19(17)18/h4-10,15H,3,11-14H2,1-2H3,(H2,22,23,24). The molecule has 2 aromatic carbocycles. The van der Waals surface area contributed by atoms with Gasteiger partial charge in [0.05, 0.1) is 5.01 Å². The third kappa shape index (κ3) is 5.05. The summed E-state index contributed by atoms with van der Waals surface area (Å²) in [6.07, 6.45) is 3.78. The van der Waals surface area contributed by atoms with Crippen molar-refractivity contribution in [1.29, 1.82) is 0 Å². The van der Waals surface area contributed by atoms with E-state index in [0.29, 0.717) is 0 Å². The molecule has 1 heterocycles. The van der Waals surface area contributed by atoms with E-state index in [1.807, 2.05) is 6.20 Å². The van der Waals surface area contributed by atoms with Gasteiger partial charge in [0.15, 0.2) is 5.96 Å². The molecule has 0 spiro atoms. The number of aliphatic imine (C=N–C) groups is 1. The molecule has 4 nitrogen and oxygen atoms in total. The van der Waals surface area contributed by atoms with Crippen LogP contribution in [-0.4, -0.2) is 30.6 Å². The number of fused-ring (bicyclic) bond motifs is 1. The zero-order valence-electron chi connectivity index (χ0n) is 15.5. The van der Waals surface area contributed by atoms with Crippen LogP contribution in [0.5, 0.6) is 0 Å². The maximum absolute atomic E-state index is 4.67. The van der Waals surface area contributed by atoms with Crippen molar-refractivity contribution in [2.45, 2.75) is 26.7 Å².